The zero-order valence-electron chi connectivity index (χ0n) is 12.3. The largest absolute Gasteiger partial charge is 0.477 e. The molecule has 0 amide bonds. The predicted octanol–water partition coefficient (Wildman–Crippen LogP) is 0.832. The lowest BCUT2D eigenvalue weighted by Gasteiger charge is -2.40. The third-order valence-corrected chi connectivity index (χ3v) is 4.12. The van der Waals surface area contributed by atoms with E-state index >= 15 is 0 Å². The van der Waals surface area contributed by atoms with Crippen LogP contribution in [0.3, 0.4) is 0 Å². The minimum Gasteiger partial charge on any atom is -0.477 e. The number of nitrogens with two attached hydrogens (primary N) is 1. The topological polar surface area (TPSA) is 88.6 Å². The van der Waals surface area contributed by atoms with Crippen LogP contribution in [0.1, 0.15) is 15.9 Å². The number of fused-ring (bicyclic) bond motifs is 1. The number of carbonyl (C=O) groups is 1. The van der Waals surface area contributed by atoms with Crippen LogP contribution < -0.4 is 16.2 Å². The van der Waals surface area contributed by atoms with Gasteiger partial charge < -0.3 is 20.3 Å². The summed E-state index contributed by atoms with van der Waals surface area (Å²) in [5.41, 5.74) is 6.33. The number of benzene rings is 1. The maximum absolute atomic E-state index is 14.4. The highest BCUT2D eigenvalue weighted by atomic mass is 19.1. The lowest BCUT2D eigenvalue weighted by molar-refractivity contribution is 0.0694. The summed E-state index contributed by atoms with van der Waals surface area (Å²) in [6, 6.07) is 2.52. The van der Waals surface area contributed by atoms with Crippen LogP contribution in [-0.4, -0.2) is 34.8 Å². The van der Waals surface area contributed by atoms with Gasteiger partial charge in [-0.1, -0.05) is 0 Å². The monoisotopic (exact) mass is 305 g/mol. The Kier molecular flexibility index (Phi) is 3.17. The van der Waals surface area contributed by atoms with E-state index < -0.39 is 17.3 Å². The first kappa shape index (κ1) is 14.5. The van der Waals surface area contributed by atoms with Crippen molar-refractivity contribution in [3.63, 3.8) is 0 Å². The highest BCUT2D eigenvalue weighted by molar-refractivity contribution is 5.95. The van der Waals surface area contributed by atoms with Crippen LogP contribution in [0.5, 0.6) is 0 Å². The fourth-order valence-electron chi connectivity index (χ4n) is 3.07. The molecular weight excluding hydrogens is 289 g/mol. The number of carboxylic acid groups (broad SMARTS) is 1. The molecule has 0 bridgehead atoms. The first-order valence-electron chi connectivity index (χ1n) is 6.88. The van der Waals surface area contributed by atoms with Crippen molar-refractivity contribution in [2.24, 2.45) is 12.8 Å². The molecule has 3 N–H and O–H groups in total. The van der Waals surface area contributed by atoms with Gasteiger partial charge in [0.05, 0.1) is 11.2 Å². The maximum Gasteiger partial charge on any atom is 0.341 e. The Morgan fingerprint density at radius 1 is 1.41 bits per heavy atom. The summed E-state index contributed by atoms with van der Waals surface area (Å²) in [6.45, 7) is 2.85. The van der Waals surface area contributed by atoms with E-state index in [1.54, 1.807) is 6.92 Å². The number of pyridine rings is 1. The van der Waals surface area contributed by atoms with Gasteiger partial charge in [0.1, 0.15) is 11.4 Å². The molecule has 116 valence electrons. The van der Waals surface area contributed by atoms with E-state index in [-0.39, 0.29) is 11.6 Å². The Bertz CT molecular complexity index is 853. The molecule has 0 aliphatic carbocycles. The van der Waals surface area contributed by atoms with E-state index in [1.165, 1.54) is 23.7 Å². The Morgan fingerprint density at radius 3 is 2.59 bits per heavy atom. The highest BCUT2D eigenvalue weighted by Crippen LogP contribution is 2.33. The number of rotatable bonds is 2. The van der Waals surface area contributed by atoms with Crippen LogP contribution in [0.4, 0.5) is 10.1 Å². The van der Waals surface area contributed by atoms with Gasteiger partial charge in [0, 0.05) is 31.6 Å². The van der Waals surface area contributed by atoms with Crippen LogP contribution in [0.25, 0.3) is 10.9 Å². The normalized spacial score (nSPS) is 15.2. The molecule has 1 aromatic carbocycles. The van der Waals surface area contributed by atoms with Crippen LogP contribution in [0, 0.1) is 12.7 Å². The minimum absolute atomic E-state index is 0.0210. The summed E-state index contributed by atoms with van der Waals surface area (Å²) in [5, 5.41) is 9.47. The van der Waals surface area contributed by atoms with Gasteiger partial charge in [-0.05, 0) is 24.6 Å². The SMILES string of the molecule is Cc1c(N2CC(N)C2)c(F)cc2cc(C(=O)O)c(=O)n(C)c12. The zero-order valence-corrected chi connectivity index (χ0v) is 12.3. The first-order valence-corrected chi connectivity index (χ1v) is 6.88. The minimum atomic E-state index is -1.32. The van der Waals surface area contributed by atoms with Crippen LogP contribution in [-0.2, 0) is 7.05 Å². The maximum atomic E-state index is 14.4. The molecule has 0 saturated carbocycles. The molecule has 6 nitrogen and oxygen atoms in total. The fraction of sp³-hybridized carbons (Fsp3) is 0.333. The second kappa shape index (κ2) is 4.81. The van der Waals surface area contributed by atoms with Crippen molar-refractivity contribution in [1.82, 2.24) is 4.57 Å². The van der Waals surface area contributed by atoms with Crippen molar-refractivity contribution in [3.8, 4) is 0 Å². The molecule has 1 fully saturated rings. The first-order chi connectivity index (χ1) is 10.3. The average molecular weight is 305 g/mol. The summed E-state index contributed by atoms with van der Waals surface area (Å²) in [4.78, 5) is 25.1. The van der Waals surface area contributed by atoms with E-state index in [4.69, 9.17) is 10.8 Å². The summed E-state index contributed by atoms with van der Waals surface area (Å²) in [6.07, 6.45) is 0. The number of aromatic nitrogens is 1. The van der Waals surface area contributed by atoms with Crippen LogP contribution in [0.15, 0.2) is 16.9 Å². The number of hydrogen-bond donors (Lipinski definition) is 2. The number of aromatic carboxylic acids is 1. The Labute approximate surface area is 125 Å². The molecule has 3 rings (SSSR count). The van der Waals surface area contributed by atoms with Gasteiger partial charge in [0.15, 0.2) is 0 Å². The van der Waals surface area contributed by atoms with Crippen molar-refractivity contribution in [2.45, 2.75) is 13.0 Å². The highest BCUT2D eigenvalue weighted by Gasteiger charge is 2.28. The van der Waals surface area contributed by atoms with Crippen molar-refractivity contribution in [1.29, 1.82) is 0 Å². The van der Waals surface area contributed by atoms with Gasteiger partial charge in [0.25, 0.3) is 5.56 Å². The lowest BCUT2D eigenvalue weighted by atomic mass is 10.0. The molecule has 0 spiro atoms. The van der Waals surface area contributed by atoms with Crippen molar-refractivity contribution in [2.75, 3.05) is 18.0 Å². The van der Waals surface area contributed by atoms with E-state index in [0.717, 1.165) is 0 Å². The average Bonchev–Trinajstić information content (AvgIpc) is 2.39. The number of anilines is 1. The Hall–Kier alpha value is -2.41. The molecular formula is C15H16FN3O3. The molecule has 1 saturated heterocycles. The summed E-state index contributed by atoms with van der Waals surface area (Å²) in [5.74, 6) is -1.76. The zero-order chi connectivity index (χ0) is 16.2. The van der Waals surface area contributed by atoms with Crippen molar-refractivity contribution in [3.05, 3.63) is 39.4 Å². The number of hydrogen-bond acceptors (Lipinski definition) is 4. The third kappa shape index (κ3) is 1.97. The number of nitrogens with zero attached hydrogens (tertiary/aromatic N) is 2. The molecule has 0 radical (unpaired) electrons. The second-order valence-electron chi connectivity index (χ2n) is 5.66. The fourth-order valence-corrected chi connectivity index (χ4v) is 3.07. The number of carboxylic acids is 1. The van der Waals surface area contributed by atoms with E-state index in [2.05, 4.69) is 0 Å². The van der Waals surface area contributed by atoms with Crippen molar-refractivity contribution >= 4 is 22.6 Å². The Morgan fingerprint density at radius 2 is 2.05 bits per heavy atom. The van der Waals surface area contributed by atoms with E-state index in [1.807, 2.05) is 4.90 Å². The van der Waals surface area contributed by atoms with Crippen LogP contribution >= 0.6 is 0 Å². The summed E-state index contributed by atoms with van der Waals surface area (Å²) < 4.78 is 15.7. The molecule has 7 heteroatoms. The molecule has 2 heterocycles. The molecule has 0 unspecified atom stereocenters. The molecule has 1 aromatic heterocycles. The lowest BCUT2D eigenvalue weighted by Crippen LogP contribution is -2.56. The molecule has 22 heavy (non-hydrogen) atoms. The number of halogens is 1. The summed E-state index contributed by atoms with van der Waals surface area (Å²) >= 11 is 0. The standard InChI is InChI=1S/C15H16FN3O3/c1-7-12-8(3-10(15(21)22)14(20)18(12)2)4-11(16)13(7)19-5-9(17)6-19/h3-4,9H,5-6,17H2,1-2H3,(H,21,22). The molecule has 1 aliphatic heterocycles. The van der Waals surface area contributed by atoms with Gasteiger partial charge in [0.2, 0.25) is 0 Å². The smallest absolute Gasteiger partial charge is 0.341 e. The van der Waals surface area contributed by atoms with Crippen molar-refractivity contribution < 1.29 is 14.3 Å². The van der Waals surface area contributed by atoms with Gasteiger partial charge in [-0.25, -0.2) is 9.18 Å². The number of aryl methyl sites for hydroxylation is 2. The van der Waals surface area contributed by atoms with Crippen LogP contribution in [0.2, 0.25) is 0 Å². The van der Waals surface area contributed by atoms with Gasteiger partial charge >= 0.3 is 5.97 Å². The molecule has 1 aliphatic rings. The summed E-state index contributed by atoms with van der Waals surface area (Å²) in [7, 11) is 1.49. The van der Waals surface area contributed by atoms with Gasteiger partial charge in [-0.15, -0.1) is 0 Å². The van der Waals surface area contributed by atoms with E-state index in [9.17, 15) is 14.0 Å². The quantitative estimate of drug-likeness (QED) is 0.858. The van der Waals surface area contributed by atoms with Gasteiger partial charge in [-0.2, -0.15) is 0 Å². The molecule has 2 aromatic rings. The predicted molar refractivity (Wildman–Crippen MR) is 81.0 cm³/mol. The van der Waals surface area contributed by atoms with Gasteiger partial charge in [-0.3, -0.25) is 4.79 Å². The van der Waals surface area contributed by atoms with E-state index in [0.29, 0.717) is 35.2 Å². The third-order valence-electron chi connectivity index (χ3n) is 4.12. The Balaban J connectivity index is 2.31. The second-order valence-corrected chi connectivity index (χ2v) is 5.66. The molecule has 0 atom stereocenters.